The van der Waals surface area contributed by atoms with Crippen LogP contribution >= 0.6 is 15.9 Å². The second kappa shape index (κ2) is 5.80. The van der Waals surface area contributed by atoms with E-state index in [2.05, 4.69) is 51.9 Å². The third kappa shape index (κ3) is 3.39. The summed E-state index contributed by atoms with van der Waals surface area (Å²) in [6, 6.07) is 4.32. The minimum atomic E-state index is 0.131. The molecule has 1 aromatic carbocycles. The van der Waals surface area contributed by atoms with Crippen molar-refractivity contribution in [2.45, 2.75) is 33.2 Å². The van der Waals surface area contributed by atoms with Crippen molar-refractivity contribution < 1.29 is 0 Å². The van der Waals surface area contributed by atoms with Gasteiger partial charge in [-0.3, -0.25) is 0 Å². The van der Waals surface area contributed by atoms with Crippen LogP contribution in [0.5, 0.6) is 0 Å². The second-order valence-corrected chi connectivity index (χ2v) is 5.81. The maximum Gasteiger partial charge on any atom is 0.159 e. The number of benzene rings is 1. The monoisotopic (exact) mass is 319 g/mol. The number of rotatable bonds is 3. The van der Waals surface area contributed by atoms with E-state index in [4.69, 9.17) is 5.73 Å². The quantitative estimate of drug-likeness (QED) is 0.943. The molecule has 19 heavy (non-hydrogen) atoms. The van der Waals surface area contributed by atoms with Crippen molar-refractivity contribution in [2.75, 3.05) is 0 Å². The molecule has 0 aliphatic carbocycles. The average molecular weight is 320 g/mol. The van der Waals surface area contributed by atoms with Crippen LogP contribution in [0.1, 0.15) is 23.6 Å². The first-order valence-electron chi connectivity index (χ1n) is 6.31. The Morgan fingerprint density at radius 2 is 1.68 bits per heavy atom. The molecule has 0 bridgehead atoms. The summed E-state index contributed by atoms with van der Waals surface area (Å²) < 4.78 is 1.14. The molecule has 1 aromatic heterocycles. The van der Waals surface area contributed by atoms with Crippen molar-refractivity contribution in [3.8, 4) is 11.4 Å². The van der Waals surface area contributed by atoms with Gasteiger partial charge in [0.2, 0.25) is 0 Å². The zero-order valence-electron chi connectivity index (χ0n) is 11.4. The number of hydrogen-bond acceptors (Lipinski definition) is 3. The zero-order valence-corrected chi connectivity index (χ0v) is 13.0. The summed E-state index contributed by atoms with van der Waals surface area (Å²) in [5.41, 5.74) is 10.3. The van der Waals surface area contributed by atoms with Gasteiger partial charge >= 0.3 is 0 Å². The molecule has 0 radical (unpaired) electrons. The first-order chi connectivity index (χ1) is 8.97. The fraction of sp³-hybridized carbons (Fsp3) is 0.333. The molecule has 2 aromatic rings. The van der Waals surface area contributed by atoms with Gasteiger partial charge in [0, 0.05) is 28.5 Å². The van der Waals surface area contributed by atoms with Crippen LogP contribution < -0.4 is 5.73 Å². The van der Waals surface area contributed by atoms with Gasteiger partial charge in [-0.15, -0.1) is 0 Å². The van der Waals surface area contributed by atoms with Crippen molar-refractivity contribution in [3.63, 3.8) is 0 Å². The van der Waals surface area contributed by atoms with Gasteiger partial charge in [-0.1, -0.05) is 15.9 Å². The standard InChI is InChI=1S/C15H18BrN3/c1-9-4-13(5-10(2)14(9)16)15-18-7-12(8-19-15)6-11(3)17/h4-5,7-8,11H,6,17H2,1-3H3. The molecule has 0 fully saturated rings. The summed E-state index contributed by atoms with van der Waals surface area (Å²) in [6.07, 6.45) is 4.52. The van der Waals surface area contributed by atoms with Crippen LogP contribution in [-0.2, 0) is 6.42 Å². The van der Waals surface area contributed by atoms with Crippen molar-refractivity contribution in [2.24, 2.45) is 5.73 Å². The number of nitrogens with two attached hydrogens (primary N) is 1. The molecule has 2 N–H and O–H groups in total. The van der Waals surface area contributed by atoms with Crippen LogP contribution in [0.3, 0.4) is 0 Å². The second-order valence-electron chi connectivity index (χ2n) is 5.02. The van der Waals surface area contributed by atoms with Crippen LogP contribution in [-0.4, -0.2) is 16.0 Å². The van der Waals surface area contributed by atoms with Gasteiger partial charge in [-0.05, 0) is 56.0 Å². The molecule has 0 spiro atoms. The van der Waals surface area contributed by atoms with Gasteiger partial charge in [0.05, 0.1) is 0 Å². The van der Waals surface area contributed by atoms with E-state index in [1.54, 1.807) is 0 Å². The lowest BCUT2D eigenvalue weighted by molar-refractivity contribution is 0.732. The van der Waals surface area contributed by atoms with Gasteiger partial charge < -0.3 is 5.73 Å². The summed E-state index contributed by atoms with van der Waals surface area (Å²) in [5.74, 6) is 0.757. The zero-order chi connectivity index (χ0) is 14.0. The van der Waals surface area contributed by atoms with Crippen molar-refractivity contribution in [3.05, 3.63) is 45.7 Å². The smallest absolute Gasteiger partial charge is 0.159 e. The Labute approximate surface area is 122 Å². The number of halogens is 1. The van der Waals surface area contributed by atoms with E-state index in [-0.39, 0.29) is 6.04 Å². The molecule has 1 unspecified atom stereocenters. The molecule has 0 aliphatic heterocycles. The minimum Gasteiger partial charge on any atom is -0.328 e. The van der Waals surface area contributed by atoms with Crippen LogP contribution in [0.15, 0.2) is 29.0 Å². The molecule has 0 aliphatic rings. The topological polar surface area (TPSA) is 51.8 Å². The normalized spacial score (nSPS) is 12.5. The Balaban J connectivity index is 2.32. The number of aryl methyl sites for hydroxylation is 2. The van der Waals surface area contributed by atoms with Crippen LogP contribution in [0.25, 0.3) is 11.4 Å². The third-order valence-corrected chi connectivity index (χ3v) is 4.21. The largest absolute Gasteiger partial charge is 0.328 e. The Morgan fingerprint density at radius 1 is 1.16 bits per heavy atom. The maximum atomic E-state index is 5.77. The SMILES string of the molecule is Cc1cc(-c2ncc(CC(C)N)cn2)cc(C)c1Br. The molecular formula is C15H18BrN3. The predicted octanol–water partition coefficient (Wildman–Crippen LogP) is 3.41. The summed E-state index contributed by atoms with van der Waals surface area (Å²) >= 11 is 3.57. The van der Waals surface area contributed by atoms with E-state index in [9.17, 15) is 0 Å². The van der Waals surface area contributed by atoms with Crippen LogP contribution in [0, 0.1) is 13.8 Å². The molecule has 100 valence electrons. The maximum absolute atomic E-state index is 5.77. The molecule has 0 saturated heterocycles. The third-order valence-electron chi connectivity index (χ3n) is 2.96. The highest BCUT2D eigenvalue weighted by Gasteiger charge is 2.07. The lowest BCUT2D eigenvalue weighted by Gasteiger charge is -2.08. The average Bonchev–Trinajstić information content (AvgIpc) is 2.35. The van der Waals surface area contributed by atoms with Crippen molar-refractivity contribution in [1.29, 1.82) is 0 Å². The van der Waals surface area contributed by atoms with E-state index in [0.717, 1.165) is 27.8 Å². The highest BCUT2D eigenvalue weighted by atomic mass is 79.9. The molecule has 4 heteroatoms. The molecule has 0 amide bonds. The number of aromatic nitrogens is 2. The summed E-state index contributed by atoms with van der Waals surface area (Å²) in [5, 5.41) is 0. The van der Waals surface area contributed by atoms with E-state index in [1.807, 2.05) is 19.3 Å². The highest BCUT2D eigenvalue weighted by Crippen LogP contribution is 2.26. The fourth-order valence-electron chi connectivity index (χ4n) is 2.06. The first kappa shape index (κ1) is 14.2. The van der Waals surface area contributed by atoms with Crippen LogP contribution in [0.4, 0.5) is 0 Å². The van der Waals surface area contributed by atoms with Crippen molar-refractivity contribution in [1.82, 2.24) is 9.97 Å². The van der Waals surface area contributed by atoms with Gasteiger partial charge in [0.15, 0.2) is 5.82 Å². The van der Waals surface area contributed by atoms with Gasteiger partial charge in [0.25, 0.3) is 0 Å². The van der Waals surface area contributed by atoms with Gasteiger partial charge in [-0.2, -0.15) is 0 Å². The predicted molar refractivity (Wildman–Crippen MR) is 82.0 cm³/mol. The minimum absolute atomic E-state index is 0.131. The lowest BCUT2D eigenvalue weighted by Crippen LogP contribution is -2.18. The summed E-state index contributed by atoms with van der Waals surface area (Å²) in [4.78, 5) is 8.86. The Bertz CT molecular complexity index is 553. The van der Waals surface area contributed by atoms with Gasteiger partial charge in [-0.25, -0.2) is 9.97 Å². The molecule has 1 atom stereocenters. The Kier molecular flexibility index (Phi) is 4.32. The number of hydrogen-bond donors (Lipinski definition) is 1. The van der Waals surface area contributed by atoms with Crippen molar-refractivity contribution >= 4 is 15.9 Å². The summed E-state index contributed by atoms with van der Waals surface area (Å²) in [6.45, 7) is 6.13. The van der Waals surface area contributed by atoms with E-state index < -0.39 is 0 Å². The van der Waals surface area contributed by atoms with E-state index in [1.165, 1.54) is 11.1 Å². The van der Waals surface area contributed by atoms with Crippen LogP contribution in [0.2, 0.25) is 0 Å². The number of nitrogens with zero attached hydrogens (tertiary/aromatic N) is 2. The molecule has 2 rings (SSSR count). The highest BCUT2D eigenvalue weighted by molar-refractivity contribution is 9.10. The molecule has 3 nitrogen and oxygen atoms in total. The summed E-state index contributed by atoms with van der Waals surface area (Å²) in [7, 11) is 0. The fourth-order valence-corrected chi connectivity index (χ4v) is 2.28. The Hall–Kier alpha value is -1.26. The molecular weight excluding hydrogens is 302 g/mol. The molecule has 0 saturated carbocycles. The van der Waals surface area contributed by atoms with E-state index >= 15 is 0 Å². The van der Waals surface area contributed by atoms with E-state index in [0.29, 0.717) is 0 Å². The Morgan fingerprint density at radius 3 is 2.16 bits per heavy atom. The first-order valence-corrected chi connectivity index (χ1v) is 7.10. The molecule has 1 heterocycles. The lowest BCUT2D eigenvalue weighted by atomic mass is 10.1. The van der Waals surface area contributed by atoms with Gasteiger partial charge in [0.1, 0.15) is 0 Å².